The third-order valence-corrected chi connectivity index (χ3v) is 3.69. The highest BCUT2D eigenvalue weighted by atomic mass is 16.5. The number of hydrogen-bond acceptors (Lipinski definition) is 3. The molecule has 2 aromatic rings. The number of hydrogen-bond donors (Lipinski definition) is 0. The average molecular weight is 301 g/mol. The second-order valence-electron chi connectivity index (χ2n) is 5.40. The molecule has 0 aliphatic rings. The largest absolute Gasteiger partial charge is 0.467 e. The summed E-state index contributed by atoms with van der Waals surface area (Å²) in [5.41, 5.74) is 1.18. The molecule has 4 nitrogen and oxygen atoms in total. The second kappa shape index (κ2) is 8.39. The van der Waals surface area contributed by atoms with E-state index in [0.29, 0.717) is 26.1 Å². The molecular weight excluding hydrogens is 278 g/mol. The topological polar surface area (TPSA) is 42.7 Å². The lowest BCUT2D eigenvalue weighted by molar-refractivity contribution is -0.133. The van der Waals surface area contributed by atoms with Gasteiger partial charge in [0.25, 0.3) is 0 Å². The third-order valence-electron chi connectivity index (χ3n) is 3.69. The molecule has 118 valence electrons. The first-order valence-electron chi connectivity index (χ1n) is 7.54. The van der Waals surface area contributed by atoms with Crippen LogP contribution in [0.3, 0.4) is 0 Å². The van der Waals surface area contributed by atoms with E-state index in [2.05, 4.69) is 19.1 Å². The van der Waals surface area contributed by atoms with Crippen LogP contribution >= 0.6 is 0 Å². The summed E-state index contributed by atoms with van der Waals surface area (Å²) in [4.78, 5) is 14.4. The van der Waals surface area contributed by atoms with Gasteiger partial charge in [-0.3, -0.25) is 4.79 Å². The molecular formula is C18H23NO3. The zero-order chi connectivity index (χ0) is 15.8. The number of nitrogens with zero attached hydrogens (tertiary/aromatic N) is 1. The van der Waals surface area contributed by atoms with Gasteiger partial charge in [-0.05, 0) is 23.6 Å². The molecule has 0 saturated carbocycles. The molecule has 0 fully saturated rings. The molecule has 0 aliphatic heterocycles. The van der Waals surface area contributed by atoms with E-state index in [1.807, 2.05) is 30.3 Å². The Morgan fingerprint density at radius 3 is 2.64 bits per heavy atom. The average Bonchev–Trinajstić information content (AvgIpc) is 3.05. The summed E-state index contributed by atoms with van der Waals surface area (Å²) in [6.45, 7) is 3.65. The number of benzene rings is 1. The van der Waals surface area contributed by atoms with Crippen LogP contribution in [0, 0.1) is 0 Å². The highest BCUT2D eigenvalue weighted by Crippen LogP contribution is 2.20. The second-order valence-corrected chi connectivity index (χ2v) is 5.40. The van der Waals surface area contributed by atoms with E-state index < -0.39 is 0 Å². The van der Waals surface area contributed by atoms with Crippen LogP contribution in [0.4, 0.5) is 0 Å². The van der Waals surface area contributed by atoms with Crippen LogP contribution in [0.25, 0.3) is 0 Å². The van der Waals surface area contributed by atoms with Crippen LogP contribution in [0.2, 0.25) is 0 Å². The Labute approximate surface area is 131 Å². The number of furan rings is 1. The molecule has 0 radical (unpaired) electrons. The summed E-state index contributed by atoms with van der Waals surface area (Å²) in [6, 6.07) is 13.8. The maximum atomic E-state index is 12.6. The van der Waals surface area contributed by atoms with Crippen molar-refractivity contribution >= 4 is 5.91 Å². The summed E-state index contributed by atoms with van der Waals surface area (Å²) in [7, 11) is 1.64. The van der Waals surface area contributed by atoms with E-state index >= 15 is 0 Å². The van der Waals surface area contributed by atoms with Gasteiger partial charge >= 0.3 is 0 Å². The zero-order valence-corrected chi connectivity index (χ0v) is 13.2. The van der Waals surface area contributed by atoms with E-state index in [4.69, 9.17) is 9.15 Å². The number of rotatable bonds is 8. The molecule has 0 saturated heterocycles. The summed E-state index contributed by atoms with van der Waals surface area (Å²) in [6.07, 6.45) is 2.11. The molecule has 0 spiro atoms. The molecule has 22 heavy (non-hydrogen) atoms. The Bertz CT molecular complexity index is 551. The molecule has 0 aliphatic carbocycles. The van der Waals surface area contributed by atoms with Gasteiger partial charge in [0.1, 0.15) is 5.76 Å². The number of carbonyl (C=O) groups excluding carboxylic acids is 1. The Morgan fingerprint density at radius 1 is 1.23 bits per heavy atom. The Balaban J connectivity index is 1.98. The minimum Gasteiger partial charge on any atom is -0.467 e. The van der Waals surface area contributed by atoms with Gasteiger partial charge in [-0.2, -0.15) is 0 Å². The molecule has 2 rings (SSSR count). The third kappa shape index (κ3) is 4.74. The molecule has 1 heterocycles. The number of carbonyl (C=O) groups is 1. The van der Waals surface area contributed by atoms with Crippen LogP contribution in [0.1, 0.15) is 30.6 Å². The fraction of sp³-hybridized carbons (Fsp3) is 0.389. The van der Waals surface area contributed by atoms with Crippen molar-refractivity contribution in [3.63, 3.8) is 0 Å². The van der Waals surface area contributed by atoms with E-state index in [-0.39, 0.29) is 11.8 Å². The quantitative estimate of drug-likeness (QED) is 0.750. The van der Waals surface area contributed by atoms with Crippen LogP contribution < -0.4 is 0 Å². The van der Waals surface area contributed by atoms with Crippen molar-refractivity contribution in [1.29, 1.82) is 0 Å². The smallest absolute Gasteiger partial charge is 0.223 e. The van der Waals surface area contributed by atoms with E-state index in [1.165, 1.54) is 5.56 Å². The highest BCUT2D eigenvalue weighted by molar-refractivity contribution is 5.77. The van der Waals surface area contributed by atoms with Crippen molar-refractivity contribution in [3.05, 3.63) is 60.1 Å². The van der Waals surface area contributed by atoms with E-state index in [1.54, 1.807) is 18.3 Å². The summed E-state index contributed by atoms with van der Waals surface area (Å²) >= 11 is 0. The molecule has 0 bridgehead atoms. The van der Waals surface area contributed by atoms with Gasteiger partial charge < -0.3 is 14.1 Å². The minimum atomic E-state index is 0.116. The molecule has 0 N–H and O–H groups in total. The number of amides is 1. The predicted octanol–water partition coefficient (Wildman–Crippen LogP) is 3.45. The Kier molecular flexibility index (Phi) is 6.22. The van der Waals surface area contributed by atoms with Gasteiger partial charge in [-0.25, -0.2) is 0 Å². The Hall–Kier alpha value is -2.07. The SMILES string of the molecule is COCCN(Cc1ccco1)C(=O)CC(C)c1ccccc1. The van der Waals surface area contributed by atoms with Crippen LogP contribution in [-0.4, -0.2) is 31.1 Å². The first-order chi connectivity index (χ1) is 10.7. The fourth-order valence-corrected chi connectivity index (χ4v) is 2.37. The molecule has 1 atom stereocenters. The van der Waals surface area contributed by atoms with Gasteiger partial charge in [-0.15, -0.1) is 0 Å². The van der Waals surface area contributed by atoms with Gasteiger partial charge in [0, 0.05) is 20.1 Å². The number of methoxy groups -OCH3 is 1. The van der Waals surface area contributed by atoms with Crippen molar-refractivity contribution < 1.29 is 13.9 Å². The first-order valence-corrected chi connectivity index (χ1v) is 7.54. The molecule has 1 aromatic carbocycles. The molecule has 1 amide bonds. The molecule has 4 heteroatoms. The van der Waals surface area contributed by atoms with Crippen molar-refractivity contribution in [1.82, 2.24) is 4.90 Å². The predicted molar refractivity (Wildman–Crippen MR) is 85.5 cm³/mol. The normalized spacial score (nSPS) is 12.1. The van der Waals surface area contributed by atoms with Gasteiger partial charge in [-0.1, -0.05) is 37.3 Å². The highest BCUT2D eigenvalue weighted by Gasteiger charge is 2.18. The summed E-state index contributed by atoms with van der Waals surface area (Å²) in [5, 5.41) is 0. The van der Waals surface area contributed by atoms with Crippen LogP contribution in [0.15, 0.2) is 53.1 Å². The summed E-state index contributed by atoms with van der Waals surface area (Å²) in [5.74, 6) is 1.09. The lowest BCUT2D eigenvalue weighted by Gasteiger charge is -2.23. The van der Waals surface area contributed by atoms with Crippen molar-refractivity contribution in [3.8, 4) is 0 Å². The fourth-order valence-electron chi connectivity index (χ4n) is 2.37. The zero-order valence-electron chi connectivity index (χ0n) is 13.2. The van der Waals surface area contributed by atoms with Crippen molar-refractivity contribution in [2.75, 3.05) is 20.3 Å². The molecule has 1 unspecified atom stereocenters. The van der Waals surface area contributed by atoms with Crippen molar-refractivity contribution in [2.45, 2.75) is 25.8 Å². The van der Waals surface area contributed by atoms with Crippen LogP contribution in [-0.2, 0) is 16.1 Å². The van der Waals surface area contributed by atoms with Gasteiger partial charge in [0.15, 0.2) is 0 Å². The maximum absolute atomic E-state index is 12.6. The summed E-state index contributed by atoms with van der Waals surface area (Å²) < 4.78 is 10.5. The van der Waals surface area contributed by atoms with Crippen molar-refractivity contribution in [2.24, 2.45) is 0 Å². The Morgan fingerprint density at radius 2 is 2.00 bits per heavy atom. The minimum absolute atomic E-state index is 0.116. The van der Waals surface area contributed by atoms with E-state index in [9.17, 15) is 4.79 Å². The first kappa shape index (κ1) is 16.3. The van der Waals surface area contributed by atoms with E-state index in [0.717, 1.165) is 5.76 Å². The van der Waals surface area contributed by atoms with Crippen LogP contribution in [0.5, 0.6) is 0 Å². The van der Waals surface area contributed by atoms with Gasteiger partial charge in [0.05, 0.1) is 19.4 Å². The lowest BCUT2D eigenvalue weighted by Crippen LogP contribution is -2.34. The standard InChI is InChI=1S/C18H23NO3/c1-15(16-7-4-3-5-8-16)13-18(20)19(10-12-21-2)14-17-9-6-11-22-17/h3-9,11,15H,10,12-14H2,1-2H3. The molecule has 1 aromatic heterocycles. The lowest BCUT2D eigenvalue weighted by atomic mass is 9.97. The number of ether oxygens (including phenoxy) is 1. The van der Waals surface area contributed by atoms with Gasteiger partial charge in [0.2, 0.25) is 5.91 Å². The maximum Gasteiger partial charge on any atom is 0.223 e. The monoisotopic (exact) mass is 301 g/mol.